The molecule has 0 fully saturated rings. The highest BCUT2D eigenvalue weighted by molar-refractivity contribution is 5.44. The van der Waals surface area contributed by atoms with Gasteiger partial charge in [0, 0.05) is 23.9 Å². The van der Waals surface area contributed by atoms with Gasteiger partial charge in [0.05, 0.1) is 0 Å². The second kappa shape index (κ2) is 8.93. The molecule has 1 unspecified atom stereocenters. The van der Waals surface area contributed by atoms with Gasteiger partial charge >= 0.3 is 0 Å². The van der Waals surface area contributed by atoms with Crippen molar-refractivity contribution >= 4 is 11.4 Å². The summed E-state index contributed by atoms with van der Waals surface area (Å²) in [5.41, 5.74) is 12.9. The molecule has 0 aliphatic heterocycles. The summed E-state index contributed by atoms with van der Waals surface area (Å²) in [6, 6.07) is 14.8. The van der Waals surface area contributed by atoms with E-state index in [0.29, 0.717) is 11.4 Å². The van der Waals surface area contributed by atoms with Gasteiger partial charge in [0.1, 0.15) is 11.5 Å². The summed E-state index contributed by atoms with van der Waals surface area (Å²) in [5, 5.41) is 0. The van der Waals surface area contributed by atoms with Gasteiger partial charge in [0.15, 0.2) is 0 Å². The van der Waals surface area contributed by atoms with E-state index in [1.807, 2.05) is 48.5 Å². The second-order valence-electron chi connectivity index (χ2n) is 5.66. The first-order chi connectivity index (χ1) is 11.2. The van der Waals surface area contributed by atoms with Gasteiger partial charge in [-0.05, 0) is 42.8 Å². The van der Waals surface area contributed by atoms with Crippen LogP contribution in [0.3, 0.4) is 0 Å². The number of hydrogen-bond acceptors (Lipinski definition) is 4. The predicted octanol–water partition coefficient (Wildman–Crippen LogP) is 4.61. The smallest absolute Gasteiger partial charge is 0.241 e. The number of nitrogens with two attached hydrogens (primary N) is 2. The fraction of sp³-hybridized carbons (Fsp3) is 0.368. The molecule has 0 bridgehead atoms. The van der Waals surface area contributed by atoms with Crippen LogP contribution in [0, 0.1) is 0 Å². The van der Waals surface area contributed by atoms with Crippen molar-refractivity contribution in [2.45, 2.75) is 45.3 Å². The maximum atomic E-state index is 5.98. The lowest BCUT2D eigenvalue weighted by Gasteiger charge is -2.21. The second-order valence-corrected chi connectivity index (χ2v) is 5.66. The number of benzene rings is 2. The third-order valence-electron chi connectivity index (χ3n) is 3.57. The van der Waals surface area contributed by atoms with Crippen LogP contribution in [0.25, 0.3) is 0 Å². The molecule has 2 aromatic rings. The molecule has 0 aromatic heterocycles. The molecule has 23 heavy (non-hydrogen) atoms. The van der Waals surface area contributed by atoms with E-state index < -0.39 is 0 Å². The molecule has 0 amide bonds. The van der Waals surface area contributed by atoms with Gasteiger partial charge in [0.2, 0.25) is 6.29 Å². The van der Waals surface area contributed by atoms with Gasteiger partial charge in [-0.15, -0.1) is 0 Å². The van der Waals surface area contributed by atoms with E-state index in [1.165, 1.54) is 19.3 Å². The van der Waals surface area contributed by atoms with Gasteiger partial charge in [-0.1, -0.05) is 32.3 Å². The standard InChI is InChI=1S/C19H26N2O2/c1-2-3-4-5-9-19(22-17-12-10-15(20)11-13-17)23-18-8-6-7-16(21)14-18/h6-8,10-14,19H,2-5,9,20-21H2,1H3. The van der Waals surface area contributed by atoms with E-state index in [4.69, 9.17) is 20.9 Å². The molecular weight excluding hydrogens is 288 g/mol. The van der Waals surface area contributed by atoms with Gasteiger partial charge < -0.3 is 20.9 Å². The highest BCUT2D eigenvalue weighted by atomic mass is 16.7. The van der Waals surface area contributed by atoms with E-state index in [1.54, 1.807) is 0 Å². The van der Waals surface area contributed by atoms with Gasteiger partial charge in [0.25, 0.3) is 0 Å². The minimum Gasteiger partial charge on any atom is -0.455 e. The minimum absolute atomic E-state index is 0.336. The molecule has 0 aliphatic rings. The van der Waals surface area contributed by atoms with Crippen LogP contribution < -0.4 is 20.9 Å². The zero-order valence-electron chi connectivity index (χ0n) is 13.7. The predicted molar refractivity (Wildman–Crippen MR) is 95.5 cm³/mol. The van der Waals surface area contributed by atoms with Gasteiger partial charge in [-0.3, -0.25) is 0 Å². The Morgan fingerprint density at radius 2 is 1.57 bits per heavy atom. The number of unbranched alkanes of at least 4 members (excludes halogenated alkanes) is 3. The first-order valence-corrected chi connectivity index (χ1v) is 8.22. The summed E-state index contributed by atoms with van der Waals surface area (Å²) in [4.78, 5) is 0. The number of rotatable bonds is 9. The third kappa shape index (κ3) is 6.10. The summed E-state index contributed by atoms with van der Waals surface area (Å²) in [6.07, 6.45) is 5.18. The maximum absolute atomic E-state index is 5.98. The SMILES string of the molecule is CCCCCCC(Oc1ccc(N)cc1)Oc1cccc(N)c1. The first kappa shape index (κ1) is 17.0. The van der Waals surface area contributed by atoms with Crippen LogP contribution in [0.4, 0.5) is 11.4 Å². The normalized spacial score (nSPS) is 11.9. The highest BCUT2D eigenvalue weighted by Gasteiger charge is 2.12. The van der Waals surface area contributed by atoms with Crippen molar-refractivity contribution in [1.29, 1.82) is 0 Å². The van der Waals surface area contributed by atoms with E-state index in [-0.39, 0.29) is 6.29 Å². The van der Waals surface area contributed by atoms with Crippen molar-refractivity contribution in [3.8, 4) is 11.5 Å². The minimum atomic E-state index is -0.336. The molecule has 0 aliphatic carbocycles. The van der Waals surface area contributed by atoms with E-state index >= 15 is 0 Å². The summed E-state index contributed by atoms with van der Waals surface area (Å²) >= 11 is 0. The highest BCUT2D eigenvalue weighted by Crippen LogP contribution is 2.22. The lowest BCUT2D eigenvalue weighted by Crippen LogP contribution is -2.24. The number of anilines is 2. The van der Waals surface area contributed by atoms with Crippen LogP contribution in [0.15, 0.2) is 48.5 Å². The fourth-order valence-corrected chi connectivity index (χ4v) is 2.32. The van der Waals surface area contributed by atoms with E-state index in [0.717, 1.165) is 24.3 Å². The number of nitrogen functional groups attached to an aromatic ring is 2. The largest absolute Gasteiger partial charge is 0.455 e. The quantitative estimate of drug-likeness (QED) is 0.403. The van der Waals surface area contributed by atoms with Crippen molar-refractivity contribution in [3.05, 3.63) is 48.5 Å². The molecule has 1 atom stereocenters. The topological polar surface area (TPSA) is 70.5 Å². The zero-order chi connectivity index (χ0) is 16.5. The average molecular weight is 314 g/mol. The lowest BCUT2D eigenvalue weighted by molar-refractivity contribution is -0.00237. The van der Waals surface area contributed by atoms with Crippen LogP contribution >= 0.6 is 0 Å². The monoisotopic (exact) mass is 314 g/mol. The van der Waals surface area contributed by atoms with Crippen LogP contribution in [-0.2, 0) is 0 Å². The van der Waals surface area contributed by atoms with Crippen LogP contribution in [0.1, 0.15) is 39.0 Å². The molecule has 4 nitrogen and oxygen atoms in total. The molecule has 124 valence electrons. The molecule has 0 heterocycles. The molecule has 2 rings (SSSR count). The number of ether oxygens (including phenoxy) is 2. The Kier molecular flexibility index (Phi) is 6.60. The van der Waals surface area contributed by atoms with Crippen molar-refractivity contribution < 1.29 is 9.47 Å². The Morgan fingerprint density at radius 1 is 0.826 bits per heavy atom. The van der Waals surface area contributed by atoms with Crippen LogP contribution in [0.2, 0.25) is 0 Å². The zero-order valence-corrected chi connectivity index (χ0v) is 13.7. The van der Waals surface area contributed by atoms with Gasteiger partial charge in [-0.2, -0.15) is 0 Å². The lowest BCUT2D eigenvalue weighted by atomic mass is 10.1. The first-order valence-electron chi connectivity index (χ1n) is 8.22. The summed E-state index contributed by atoms with van der Waals surface area (Å²) in [7, 11) is 0. The Hall–Kier alpha value is -2.36. The molecular formula is C19H26N2O2. The average Bonchev–Trinajstić information content (AvgIpc) is 2.53. The van der Waals surface area contributed by atoms with Crippen molar-refractivity contribution in [2.24, 2.45) is 0 Å². The van der Waals surface area contributed by atoms with E-state index in [2.05, 4.69) is 6.92 Å². The van der Waals surface area contributed by atoms with Crippen molar-refractivity contribution in [3.63, 3.8) is 0 Å². The summed E-state index contributed by atoms with van der Waals surface area (Å²) < 4.78 is 12.0. The Labute approximate surface area is 138 Å². The summed E-state index contributed by atoms with van der Waals surface area (Å²) in [6.45, 7) is 2.20. The molecule has 0 spiro atoms. The number of hydrogen-bond donors (Lipinski definition) is 2. The van der Waals surface area contributed by atoms with Crippen molar-refractivity contribution in [2.75, 3.05) is 11.5 Å². The Balaban J connectivity index is 1.99. The molecule has 2 aromatic carbocycles. The molecule has 0 saturated carbocycles. The molecule has 0 radical (unpaired) electrons. The van der Waals surface area contributed by atoms with Crippen LogP contribution in [-0.4, -0.2) is 6.29 Å². The Morgan fingerprint density at radius 3 is 2.26 bits per heavy atom. The van der Waals surface area contributed by atoms with Gasteiger partial charge in [-0.25, -0.2) is 0 Å². The third-order valence-corrected chi connectivity index (χ3v) is 3.57. The maximum Gasteiger partial charge on any atom is 0.241 e. The fourth-order valence-electron chi connectivity index (χ4n) is 2.32. The molecule has 4 heteroatoms. The Bertz CT molecular complexity index is 584. The van der Waals surface area contributed by atoms with Crippen LogP contribution in [0.5, 0.6) is 11.5 Å². The molecule has 0 saturated heterocycles. The summed E-state index contributed by atoms with van der Waals surface area (Å²) in [5.74, 6) is 1.48. The van der Waals surface area contributed by atoms with Crippen molar-refractivity contribution in [1.82, 2.24) is 0 Å². The molecule has 4 N–H and O–H groups in total. The van der Waals surface area contributed by atoms with E-state index in [9.17, 15) is 0 Å².